The van der Waals surface area contributed by atoms with Gasteiger partial charge in [0.2, 0.25) is 0 Å². The van der Waals surface area contributed by atoms with E-state index < -0.39 is 0 Å². The lowest BCUT2D eigenvalue weighted by Crippen LogP contribution is -2.17. The van der Waals surface area contributed by atoms with Gasteiger partial charge in [-0.3, -0.25) is 0 Å². The molecule has 0 aliphatic heterocycles. The van der Waals surface area contributed by atoms with Crippen LogP contribution in [0.15, 0.2) is 47.1 Å². The first kappa shape index (κ1) is 14.2. The van der Waals surface area contributed by atoms with Crippen LogP contribution in [0.5, 0.6) is 0 Å². The lowest BCUT2D eigenvalue weighted by atomic mass is 10.0. The summed E-state index contributed by atoms with van der Waals surface area (Å²) in [6, 6.07) is 12.3. The number of hydrogen-bond donors (Lipinski definition) is 1. The Labute approximate surface area is 132 Å². The molecule has 0 saturated carbocycles. The standard InChI is InChI=1S/C16H17BrN4/c1-2-7-21-15(10-19-20-21)16(18)13-4-3-12-9-14(17)6-5-11(12)8-13/h3-6,8-10,16H,2,7,18H2,1H3. The Balaban J connectivity index is 1.99. The largest absolute Gasteiger partial charge is 0.319 e. The van der Waals surface area contributed by atoms with E-state index in [1.165, 1.54) is 10.8 Å². The van der Waals surface area contributed by atoms with Crippen LogP contribution < -0.4 is 5.73 Å². The van der Waals surface area contributed by atoms with Crippen molar-refractivity contribution in [2.75, 3.05) is 0 Å². The summed E-state index contributed by atoms with van der Waals surface area (Å²) < 4.78 is 2.97. The molecule has 0 saturated heterocycles. The second-order valence-corrected chi connectivity index (χ2v) is 6.03. The highest BCUT2D eigenvalue weighted by Gasteiger charge is 2.15. The predicted octanol–water partition coefficient (Wildman–Crippen LogP) is 3.65. The number of hydrogen-bond acceptors (Lipinski definition) is 3. The molecule has 1 atom stereocenters. The van der Waals surface area contributed by atoms with Gasteiger partial charge in [-0.05, 0) is 41.0 Å². The van der Waals surface area contributed by atoms with Gasteiger partial charge in [-0.15, -0.1) is 5.10 Å². The molecule has 108 valence electrons. The molecule has 0 amide bonds. The molecule has 0 aliphatic rings. The molecule has 0 fully saturated rings. The molecule has 2 N–H and O–H groups in total. The van der Waals surface area contributed by atoms with Crippen molar-refractivity contribution in [3.63, 3.8) is 0 Å². The number of halogens is 1. The van der Waals surface area contributed by atoms with Gasteiger partial charge in [-0.1, -0.05) is 46.3 Å². The molecule has 3 rings (SSSR count). The molecular formula is C16H17BrN4. The minimum absolute atomic E-state index is 0.209. The maximum atomic E-state index is 6.40. The van der Waals surface area contributed by atoms with E-state index in [0.29, 0.717) is 0 Å². The Bertz CT molecular complexity index is 766. The quantitative estimate of drug-likeness (QED) is 0.785. The number of benzene rings is 2. The van der Waals surface area contributed by atoms with E-state index in [1.54, 1.807) is 6.20 Å². The van der Waals surface area contributed by atoms with Gasteiger partial charge >= 0.3 is 0 Å². The van der Waals surface area contributed by atoms with E-state index in [-0.39, 0.29) is 6.04 Å². The maximum absolute atomic E-state index is 6.40. The second-order valence-electron chi connectivity index (χ2n) is 5.11. The van der Waals surface area contributed by atoms with E-state index in [0.717, 1.165) is 28.7 Å². The van der Waals surface area contributed by atoms with Crippen LogP contribution in [0.1, 0.15) is 30.6 Å². The molecule has 4 nitrogen and oxygen atoms in total. The van der Waals surface area contributed by atoms with Crippen molar-refractivity contribution in [3.8, 4) is 0 Å². The Morgan fingerprint density at radius 3 is 2.76 bits per heavy atom. The molecule has 1 aromatic heterocycles. The van der Waals surface area contributed by atoms with Crippen molar-refractivity contribution in [1.82, 2.24) is 15.0 Å². The summed E-state index contributed by atoms with van der Waals surface area (Å²) in [6.45, 7) is 2.95. The van der Waals surface area contributed by atoms with E-state index in [2.05, 4.69) is 63.5 Å². The van der Waals surface area contributed by atoms with E-state index in [4.69, 9.17) is 5.73 Å². The zero-order valence-corrected chi connectivity index (χ0v) is 13.4. The molecule has 0 bridgehead atoms. The summed E-state index contributed by atoms with van der Waals surface area (Å²) in [5.74, 6) is 0. The number of aromatic nitrogens is 3. The van der Waals surface area contributed by atoms with Gasteiger partial charge in [0.05, 0.1) is 17.9 Å². The lowest BCUT2D eigenvalue weighted by molar-refractivity contribution is 0.543. The van der Waals surface area contributed by atoms with Gasteiger partial charge < -0.3 is 5.73 Å². The van der Waals surface area contributed by atoms with Crippen molar-refractivity contribution >= 4 is 26.7 Å². The minimum Gasteiger partial charge on any atom is -0.319 e. The van der Waals surface area contributed by atoms with Crippen molar-refractivity contribution < 1.29 is 0 Å². The van der Waals surface area contributed by atoms with Gasteiger partial charge in [0.1, 0.15) is 0 Å². The SMILES string of the molecule is CCCn1nncc1C(N)c1ccc2cc(Br)ccc2c1. The highest BCUT2D eigenvalue weighted by Crippen LogP contribution is 2.25. The summed E-state index contributed by atoms with van der Waals surface area (Å²) in [4.78, 5) is 0. The average molecular weight is 345 g/mol. The van der Waals surface area contributed by atoms with Crippen LogP contribution in [0.2, 0.25) is 0 Å². The van der Waals surface area contributed by atoms with Gasteiger partial charge in [-0.2, -0.15) is 0 Å². The number of rotatable bonds is 4. The van der Waals surface area contributed by atoms with Gasteiger partial charge in [0.15, 0.2) is 0 Å². The number of nitrogens with two attached hydrogens (primary N) is 1. The van der Waals surface area contributed by atoms with Crippen molar-refractivity contribution in [3.05, 3.63) is 58.3 Å². The molecule has 1 unspecified atom stereocenters. The van der Waals surface area contributed by atoms with Crippen LogP contribution in [0, 0.1) is 0 Å². The molecule has 0 aliphatic carbocycles. The minimum atomic E-state index is -0.209. The Hall–Kier alpha value is -1.72. The third kappa shape index (κ3) is 2.84. The Morgan fingerprint density at radius 1 is 1.19 bits per heavy atom. The third-order valence-corrected chi connectivity index (χ3v) is 4.08. The van der Waals surface area contributed by atoms with E-state index >= 15 is 0 Å². The number of nitrogens with zero attached hydrogens (tertiary/aromatic N) is 3. The van der Waals surface area contributed by atoms with Gasteiger partial charge in [-0.25, -0.2) is 4.68 Å². The monoisotopic (exact) mass is 344 g/mol. The highest BCUT2D eigenvalue weighted by molar-refractivity contribution is 9.10. The first-order chi connectivity index (χ1) is 10.2. The number of fused-ring (bicyclic) bond motifs is 1. The van der Waals surface area contributed by atoms with Crippen LogP contribution in [-0.2, 0) is 6.54 Å². The first-order valence-corrected chi connectivity index (χ1v) is 7.81. The fraction of sp³-hybridized carbons (Fsp3) is 0.250. The van der Waals surface area contributed by atoms with Crippen LogP contribution in [0.3, 0.4) is 0 Å². The normalized spacial score (nSPS) is 12.7. The van der Waals surface area contributed by atoms with E-state index in [9.17, 15) is 0 Å². The summed E-state index contributed by atoms with van der Waals surface area (Å²) in [5.41, 5.74) is 8.43. The highest BCUT2D eigenvalue weighted by atomic mass is 79.9. The molecule has 5 heteroatoms. The fourth-order valence-corrected chi connectivity index (χ4v) is 2.87. The summed E-state index contributed by atoms with van der Waals surface area (Å²) in [7, 11) is 0. The van der Waals surface area contributed by atoms with Crippen LogP contribution in [0.4, 0.5) is 0 Å². The second kappa shape index (κ2) is 5.95. The topological polar surface area (TPSA) is 56.7 Å². The van der Waals surface area contributed by atoms with Crippen LogP contribution >= 0.6 is 15.9 Å². The molecule has 21 heavy (non-hydrogen) atoms. The van der Waals surface area contributed by atoms with Crippen molar-refractivity contribution in [2.24, 2.45) is 5.73 Å². The Morgan fingerprint density at radius 2 is 1.95 bits per heavy atom. The zero-order chi connectivity index (χ0) is 14.8. The molecule has 1 heterocycles. The lowest BCUT2D eigenvalue weighted by Gasteiger charge is -2.14. The fourth-order valence-electron chi connectivity index (χ4n) is 2.49. The third-order valence-electron chi connectivity index (χ3n) is 3.59. The van der Waals surface area contributed by atoms with Crippen molar-refractivity contribution in [1.29, 1.82) is 0 Å². The van der Waals surface area contributed by atoms with Gasteiger partial charge in [0.25, 0.3) is 0 Å². The molecule has 0 radical (unpaired) electrons. The van der Waals surface area contributed by atoms with Gasteiger partial charge in [0, 0.05) is 11.0 Å². The number of aryl methyl sites for hydroxylation is 1. The molecule has 0 spiro atoms. The molecular weight excluding hydrogens is 328 g/mol. The van der Waals surface area contributed by atoms with Crippen LogP contribution in [0.25, 0.3) is 10.8 Å². The smallest absolute Gasteiger partial charge is 0.0799 e. The van der Waals surface area contributed by atoms with Crippen molar-refractivity contribution in [2.45, 2.75) is 25.9 Å². The summed E-state index contributed by atoms with van der Waals surface area (Å²) in [5, 5.41) is 10.5. The molecule has 2 aromatic carbocycles. The Kier molecular flexibility index (Phi) is 4.03. The van der Waals surface area contributed by atoms with E-state index in [1.807, 2.05) is 10.7 Å². The predicted molar refractivity (Wildman–Crippen MR) is 88.0 cm³/mol. The average Bonchev–Trinajstić information content (AvgIpc) is 2.94. The van der Waals surface area contributed by atoms with Crippen LogP contribution in [-0.4, -0.2) is 15.0 Å². The summed E-state index contributed by atoms with van der Waals surface area (Å²) in [6.07, 6.45) is 2.76. The first-order valence-electron chi connectivity index (χ1n) is 7.02. The maximum Gasteiger partial charge on any atom is 0.0799 e. The summed E-state index contributed by atoms with van der Waals surface area (Å²) >= 11 is 3.49. The zero-order valence-electron chi connectivity index (χ0n) is 11.8. The molecule has 3 aromatic rings.